The number of primary amides is 1. The van der Waals surface area contributed by atoms with Crippen LogP contribution in [0.1, 0.15) is 69.1 Å². The summed E-state index contributed by atoms with van der Waals surface area (Å²) in [7, 11) is 1.55. The Morgan fingerprint density at radius 1 is 0.927 bits per heavy atom. The average molecular weight is 565 g/mol. The van der Waals surface area contributed by atoms with Crippen molar-refractivity contribution < 1.29 is 28.6 Å². The molecule has 0 saturated heterocycles. The van der Waals surface area contributed by atoms with E-state index in [0.717, 1.165) is 18.4 Å². The molecular formula is C31H40N4O6. The molecule has 0 unspecified atom stereocenters. The quantitative estimate of drug-likeness (QED) is 0.256. The van der Waals surface area contributed by atoms with Crippen molar-refractivity contribution in [1.82, 2.24) is 9.80 Å². The van der Waals surface area contributed by atoms with Gasteiger partial charge in [0.15, 0.2) is 0 Å². The molecule has 3 rings (SSSR count). The second kappa shape index (κ2) is 15.0. The molecule has 10 nitrogen and oxygen atoms in total. The largest absolute Gasteiger partial charge is 0.497 e. The molecular weight excluding hydrogens is 524 g/mol. The molecule has 3 aromatic rings. The van der Waals surface area contributed by atoms with E-state index in [1.807, 2.05) is 19.9 Å². The number of nitrogens with zero attached hydrogens (tertiary/aromatic N) is 2. The molecule has 41 heavy (non-hydrogen) atoms. The maximum atomic E-state index is 14.0. The van der Waals surface area contributed by atoms with E-state index < -0.39 is 24.0 Å². The summed E-state index contributed by atoms with van der Waals surface area (Å²) in [6.45, 7) is 5.03. The minimum absolute atomic E-state index is 0.0450. The van der Waals surface area contributed by atoms with Gasteiger partial charge in [0, 0.05) is 55.3 Å². The lowest BCUT2D eigenvalue weighted by atomic mass is 10.0. The normalized spacial score (nSPS) is 12.4. The van der Waals surface area contributed by atoms with Crippen LogP contribution in [0, 0.1) is 0 Å². The van der Waals surface area contributed by atoms with Crippen molar-refractivity contribution in [2.75, 3.05) is 26.7 Å². The third-order valence-electron chi connectivity index (χ3n) is 6.70. The van der Waals surface area contributed by atoms with Gasteiger partial charge in [-0.25, -0.2) is 0 Å². The molecule has 2 aromatic carbocycles. The van der Waals surface area contributed by atoms with Crippen molar-refractivity contribution in [3.63, 3.8) is 0 Å². The lowest BCUT2D eigenvalue weighted by Gasteiger charge is -2.28. The number of rotatable bonds is 15. The number of aliphatic hydroxyl groups is 1. The van der Waals surface area contributed by atoms with Crippen molar-refractivity contribution in [3.05, 3.63) is 88.9 Å². The Bertz CT molecular complexity index is 1300. The van der Waals surface area contributed by atoms with Gasteiger partial charge in [0.2, 0.25) is 5.91 Å². The topological polar surface area (TPSA) is 152 Å². The predicted octanol–water partition coefficient (Wildman–Crippen LogP) is 3.22. The maximum Gasteiger partial charge on any atom is 0.254 e. The number of benzene rings is 2. The van der Waals surface area contributed by atoms with Gasteiger partial charge < -0.3 is 35.5 Å². The fourth-order valence-electron chi connectivity index (χ4n) is 4.61. The predicted molar refractivity (Wildman–Crippen MR) is 156 cm³/mol. The van der Waals surface area contributed by atoms with Crippen LogP contribution in [0.15, 0.2) is 65.3 Å². The van der Waals surface area contributed by atoms with Crippen molar-refractivity contribution in [3.8, 4) is 5.75 Å². The molecule has 1 heterocycles. The summed E-state index contributed by atoms with van der Waals surface area (Å²) in [5.41, 5.74) is 13.0. The zero-order valence-corrected chi connectivity index (χ0v) is 23.9. The van der Waals surface area contributed by atoms with E-state index in [4.69, 9.17) is 20.6 Å². The highest BCUT2D eigenvalue weighted by atomic mass is 16.5. The third kappa shape index (κ3) is 8.67. The monoisotopic (exact) mass is 564 g/mol. The van der Waals surface area contributed by atoms with Crippen LogP contribution in [-0.2, 0) is 13.0 Å². The molecule has 0 aliphatic rings. The van der Waals surface area contributed by atoms with Crippen LogP contribution in [0.2, 0.25) is 0 Å². The Morgan fingerprint density at radius 3 is 2.12 bits per heavy atom. The molecule has 0 aliphatic carbocycles. The Morgan fingerprint density at radius 2 is 1.56 bits per heavy atom. The van der Waals surface area contributed by atoms with Crippen molar-refractivity contribution in [1.29, 1.82) is 0 Å². The van der Waals surface area contributed by atoms with Gasteiger partial charge in [-0.2, -0.15) is 0 Å². The number of methoxy groups -OCH3 is 1. The highest BCUT2D eigenvalue weighted by Gasteiger charge is 2.26. The number of furan rings is 1. The van der Waals surface area contributed by atoms with Crippen LogP contribution in [0.25, 0.3) is 0 Å². The zero-order chi connectivity index (χ0) is 29.9. The number of amides is 3. The third-order valence-corrected chi connectivity index (χ3v) is 6.70. The van der Waals surface area contributed by atoms with Gasteiger partial charge >= 0.3 is 0 Å². The molecule has 220 valence electrons. The van der Waals surface area contributed by atoms with Crippen LogP contribution in [0.4, 0.5) is 0 Å². The van der Waals surface area contributed by atoms with Gasteiger partial charge in [-0.05, 0) is 60.9 Å². The Hall–Kier alpha value is -4.15. The number of hydrogen-bond donors (Lipinski definition) is 3. The molecule has 0 aliphatic heterocycles. The van der Waals surface area contributed by atoms with E-state index in [1.165, 1.54) is 29.4 Å². The number of carbonyl (C=O) groups is 3. The van der Waals surface area contributed by atoms with Crippen molar-refractivity contribution in [2.45, 2.75) is 51.8 Å². The number of carbonyl (C=O) groups excluding carboxylic acids is 3. The van der Waals surface area contributed by atoms with Gasteiger partial charge in [0.05, 0.1) is 19.5 Å². The van der Waals surface area contributed by atoms with Crippen LogP contribution in [0.3, 0.4) is 0 Å². The van der Waals surface area contributed by atoms with E-state index in [2.05, 4.69) is 0 Å². The van der Waals surface area contributed by atoms with Crippen LogP contribution in [0.5, 0.6) is 5.75 Å². The van der Waals surface area contributed by atoms with Gasteiger partial charge in [-0.15, -0.1) is 0 Å². The summed E-state index contributed by atoms with van der Waals surface area (Å²) in [5, 5.41) is 11.0. The molecule has 0 spiro atoms. The van der Waals surface area contributed by atoms with E-state index in [0.29, 0.717) is 24.6 Å². The van der Waals surface area contributed by atoms with E-state index in [9.17, 15) is 19.5 Å². The summed E-state index contributed by atoms with van der Waals surface area (Å²) < 4.78 is 10.7. The minimum Gasteiger partial charge on any atom is -0.497 e. The molecule has 0 bridgehead atoms. The van der Waals surface area contributed by atoms with Crippen LogP contribution in [-0.4, -0.2) is 71.5 Å². The summed E-state index contributed by atoms with van der Waals surface area (Å²) in [6, 6.07) is 14.3. The second-order valence-electron chi connectivity index (χ2n) is 10.0. The van der Waals surface area contributed by atoms with Crippen LogP contribution >= 0.6 is 0 Å². The summed E-state index contributed by atoms with van der Waals surface area (Å²) in [6.07, 6.45) is 2.23. The van der Waals surface area contributed by atoms with Gasteiger partial charge in [-0.1, -0.05) is 26.0 Å². The first-order chi connectivity index (χ1) is 19.7. The summed E-state index contributed by atoms with van der Waals surface area (Å²) in [5.74, 6) is -0.313. The number of nitrogens with two attached hydrogens (primary N) is 2. The lowest BCUT2D eigenvalue weighted by Crippen LogP contribution is -2.46. The SMILES string of the molecule is CCCN(CCC)C(=O)c1cc(C(N)=O)cc(C(=O)N(Cc2cccc(OC)c2)C[C@@H](O)[C@@H](N)Cc2ccco2)c1. The minimum atomic E-state index is -1.10. The molecule has 5 N–H and O–H groups in total. The molecule has 2 atom stereocenters. The van der Waals surface area contributed by atoms with Gasteiger partial charge in [-0.3, -0.25) is 14.4 Å². The molecule has 0 fully saturated rings. The van der Waals surface area contributed by atoms with E-state index in [-0.39, 0.29) is 42.1 Å². The van der Waals surface area contributed by atoms with E-state index in [1.54, 1.807) is 42.3 Å². The maximum absolute atomic E-state index is 14.0. The fourth-order valence-corrected chi connectivity index (χ4v) is 4.61. The smallest absolute Gasteiger partial charge is 0.254 e. The second-order valence-corrected chi connectivity index (χ2v) is 10.0. The number of aliphatic hydroxyl groups excluding tert-OH is 1. The summed E-state index contributed by atoms with van der Waals surface area (Å²) >= 11 is 0. The standard InChI is InChI=1S/C31H40N4O6/c1-4-11-34(12-5-2)30(38)23-15-22(29(33)37)16-24(17-23)31(39)35(19-21-8-6-9-25(14-21)40-3)20-28(36)27(32)18-26-10-7-13-41-26/h6-10,13-17,27-28,36H,4-5,11-12,18-20,32H2,1-3H3,(H2,33,37)/t27-,28+/m0/s1. The first-order valence-corrected chi connectivity index (χ1v) is 13.8. The first-order valence-electron chi connectivity index (χ1n) is 13.8. The van der Waals surface area contributed by atoms with Crippen molar-refractivity contribution >= 4 is 17.7 Å². The highest BCUT2D eigenvalue weighted by Crippen LogP contribution is 2.20. The molecule has 10 heteroatoms. The lowest BCUT2D eigenvalue weighted by molar-refractivity contribution is 0.0550. The average Bonchev–Trinajstić information content (AvgIpc) is 3.48. The van der Waals surface area contributed by atoms with Gasteiger partial charge in [0.25, 0.3) is 11.8 Å². The first kappa shape index (κ1) is 31.4. The van der Waals surface area contributed by atoms with Crippen LogP contribution < -0.4 is 16.2 Å². The molecule has 0 saturated carbocycles. The summed E-state index contributed by atoms with van der Waals surface area (Å²) in [4.78, 5) is 42.7. The number of ether oxygens (including phenoxy) is 1. The molecule has 3 amide bonds. The zero-order valence-electron chi connectivity index (χ0n) is 23.9. The van der Waals surface area contributed by atoms with E-state index >= 15 is 0 Å². The Kier molecular flexibility index (Phi) is 11.5. The Labute approximate surface area is 240 Å². The molecule has 0 radical (unpaired) electrons. The van der Waals surface area contributed by atoms with Crippen molar-refractivity contribution in [2.24, 2.45) is 11.5 Å². The molecule has 1 aromatic heterocycles. The van der Waals surface area contributed by atoms with Gasteiger partial charge in [0.1, 0.15) is 11.5 Å². The fraction of sp³-hybridized carbons (Fsp3) is 0.387. The number of hydrogen-bond acceptors (Lipinski definition) is 7. The highest BCUT2D eigenvalue weighted by molar-refractivity contribution is 6.04. The Balaban J connectivity index is 1.97.